The van der Waals surface area contributed by atoms with E-state index < -0.39 is 0 Å². The average Bonchev–Trinajstić information content (AvgIpc) is 3.02. The molecule has 1 aromatic heterocycles. The van der Waals surface area contributed by atoms with Crippen molar-refractivity contribution >= 4 is 11.8 Å². The highest BCUT2D eigenvalue weighted by molar-refractivity contribution is 7.99. The van der Waals surface area contributed by atoms with Crippen LogP contribution in [0.15, 0.2) is 59.8 Å². The second-order valence-corrected chi connectivity index (χ2v) is 6.46. The highest BCUT2D eigenvalue weighted by Gasteiger charge is 2.13. The molecule has 0 radical (unpaired) electrons. The van der Waals surface area contributed by atoms with Crippen LogP contribution >= 0.6 is 11.8 Å². The predicted molar refractivity (Wildman–Crippen MR) is 97.4 cm³/mol. The zero-order chi connectivity index (χ0) is 17.5. The van der Waals surface area contributed by atoms with E-state index in [0.29, 0.717) is 18.9 Å². The molecule has 0 aliphatic heterocycles. The SMILES string of the molecule is Cc1ccc(OCc2nnc(SCC#N)n2Cc2ccccc2)cc1. The van der Waals surface area contributed by atoms with Gasteiger partial charge in [-0.3, -0.25) is 4.57 Å². The maximum absolute atomic E-state index is 8.84. The van der Waals surface area contributed by atoms with Crippen molar-refractivity contribution in [2.75, 3.05) is 5.75 Å². The maximum Gasteiger partial charge on any atom is 0.192 e. The lowest BCUT2D eigenvalue weighted by molar-refractivity contribution is 0.289. The van der Waals surface area contributed by atoms with Crippen molar-refractivity contribution in [2.24, 2.45) is 0 Å². The highest BCUT2D eigenvalue weighted by atomic mass is 32.2. The summed E-state index contributed by atoms with van der Waals surface area (Å²) in [6.07, 6.45) is 0. The molecular formula is C19H18N4OS. The van der Waals surface area contributed by atoms with Crippen molar-refractivity contribution in [3.8, 4) is 11.8 Å². The van der Waals surface area contributed by atoms with E-state index in [1.807, 2.05) is 54.0 Å². The second-order valence-electron chi connectivity index (χ2n) is 5.52. The molecule has 0 aliphatic carbocycles. The van der Waals surface area contributed by atoms with Crippen LogP contribution in [0.2, 0.25) is 0 Å². The van der Waals surface area contributed by atoms with Gasteiger partial charge in [0, 0.05) is 0 Å². The van der Waals surface area contributed by atoms with Gasteiger partial charge in [0.25, 0.3) is 0 Å². The quantitative estimate of drug-likeness (QED) is 0.606. The van der Waals surface area contributed by atoms with Gasteiger partial charge in [0.05, 0.1) is 18.4 Å². The molecule has 2 aromatic carbocycles. The first-order chi connectivity index (χ1) is 12.3. The van der Waals surface area contributed by atoms with Crippen LogP contribution in [0.5, 0.6) is 5.75 Å². The Morgan fingerprint density at radius 3 is 2.56 bits per heavy atom. The molecule has 0 saturated heterocycles. The Morgan fingerprint density at radius 2 is 1.84 bits per heavy atom. The fourth-order valence-corrected chi connectivity index (χ4v) is 2.95. The van der Waals surface area contributed by atoms with Crippen LogP contribution in [0.25, 0.3) is 0 Å². The summed E-state index contributed by atoms with van der Waals surface area (Å²) < 4.78 is 7.85. The Balaban J connectivity index is 1.78. The molecule has 3 rings (SSSR count). The molecule has 0 unspecified atom stereocenters. The van der Waals surface area contributed by atoms with Crippen LogP contribution in [0, 0.1) is 18.3 Å². The Bertz CT molecular complexity index is 853. The van der Waals surface area contributed by atoms with Crippen LogP contribution in [-0.4, -0.2) is 20.5 Å². The van der Waals surface area contributed by atoms with Crippen molar-refractivity contribution < 1.29 is 4.74 Å². The Kier molecular flexibility index (Phi) is 5.70. The first kappa shape index (κ1) is 17.1. The van der Waals surface area contributed by atoms with E-state index in [-0.39, 0.29) is 0 Å². The zero-order valence-corrected chi connectivity index (χ0v) is 14.7. The maximum atomic E-state index is 8.84. The number of rotatable bonds is 7. The van der Waals surface area contributed by atoms with Crippen LogP contribution in [0.3, 0.4) is 0 Å². The molecule has 0 aliphatic rings. The van der Waals surface area contributed by atoms with E-state index in [1.165, 1.54) is 17.3 Å². The van der Waals surface area contributed by atoms with Gasteiger partial charge in [-0.05, 0) is 24.6 Å². The molecule has 0 saturated carbocycles. The molecule has 5 nitrogen and oxygen atoms in total. The lowest BCUT2D eigenvalue weighted by atomic mass is 10.2. The van der Waals surface area contributed by atoms with Crippen molar-refractivity contribution in [1.29, 1.82) is 5.26 Å². The third-order valence-corrected chi connectivity index (χ3v) is 4.47. The highest BCUT2D eigenvalue weighted by Crippen LogP contribution is 2.20. The van der Waals surface area contributed by atoms with Crippen molar-refractivity contribution in [3.05, 3.63) is 71.5 Å². The van der Waals surface area contributed by atoms with Crippen LogP contribution in [-0.2, 0) is 13.2 Å². The van der Waals surface area contributed by atoms with Crippen molar-refractivity contribution in [2.45, 2.75) is 25.2 Å². The standard InChI is InChI=1S/C19H18N4OS/c1-15-7-9-17(10-8-15)24-14-18-21-22-19(25-12-11-20)23(18)13-16-5-3-2-4-6-16/h2-10H,12-14H2,1H3. The normalized spacial score (nSPS) is 10.4. The topological polar surface area (TPSA) is 63.7 Å². The minimum Gasteiger partial charge on any atom is -0.486 e. The molecule has 3 aromatic rings. The van der Waals surface area contributed by atoms with Gasteiger partial charge in [-0.15, -0.1) is 10.2 Å². The van der Waals surface area contributed by atoms with Gasteiger partial charge >= 0.3 is 0 Å². The molecule has 0 atom stereocenters. The number of aryl methyl sites for hydroxylation is 1. The molecule has 0 N–H and O–H groups in total. The van der Waals surface area contributed by atoms with E-state index in [9.17, 15) is 0 Å². The number of hydrogen-bond acceptors (Lipinski definition) is 5. The molecule has 6 heteroatoms. The molecule has 126 valence electrons. The Morgan fingerprint density at radius 1 is 1.08 bits per heavy atom. The van der Waals surface area contributed by atoms with Crippen molar-refractivity contribution in [1.82, 2.24) is 14.8 Å². The Labute approximate surface area is 151 Å². The average molecular weight is 350 g/mol. The van der Waals surface area contributed by atoms with E-state index in [0.717, 1.165) is 22.3 Å². The summed E-state index contributed by atoms with van der Waals surface area (Å²) in [6, 6.07) is 20.2. The third-order valence-electron chi connectivity index (χ3n) is 3.63. The predicted octanol–water partition coefficient (Wildman–Crippen LogP) is 3.83. The number of hydrogen-bond donors (Lipinski definition) is 0. The summed E-state index contributed by atoms with van der Waals surface area (Å²) in [4.78, 5) is 0. The minimum atomic E-state index is 0.329. The number of aromatic nitrogens is 3. The fraction of sp³-hybridized carbons (Fsp3) is 0.211. The fourth-order valence-electron chi connectivity index (χ4n) is 2.34. The summed E-state index contributed by atoms with van der Waals surface area (Å²) in [5.41, 5.74) is 2.34. The largest absolute Gasteiger partial charge is 0.486 e. The molecule has 0 fully saturated rings. The molecule has 1 heterocycles. The van der Waals surface area contributed by atoms with Gasteiger partial charge in [-0.2, -0.15) is 5.26 Å². The van der Waals surface area contributed by atoms with Gasteiger partial charge in [0.1, 0.15) is 12.4 Å². The monoisotopic (exact) mass is 350 g/mol. The van der Waals surface area contributed by atoms with E-state index in [1.54, 1.807) is 0 Å². The summed E-state index contributed by atoms with van der Waals surface area (Å²) in [6.45, 7) is 3.02. The smallest absolute Gasteiger partial charge is 0.192 e. The van der Waals surface area contributed by atoms with Gasteiger partial charge in [0.15, 0.2) is 11.0 Å². The first-order valence-electron chi connectivity index (χ1n) is 7.91. The van der Waals surface area contributed by atoms with Gasteiger partial charge in [0.2, 0.25) is 0 Å². The summed E-state index contributed by atoms with van der Waals surface area (Å²) in [7, 11) is 0. The Hall–Kier alpha value is -2.78. The first-order valence-corrected chi connectivity index (χ1v) is 8.90. The minimum absolute atomic E-state index is 0.329. The zero-order valence-electron chi connectivity index (χ0n) is 13.9. The van der Waals surface area contributed by atoms with Crippen LogP contribution in [0.1, 0.15) is 17.0 Å². The summed E-state index contributed by atoms with van der Waals surface area (Å²) >= 11 is 1.38. The number of thioether (sulfide) groups is 1. The number of benzene rings is 2. The van der Waals surface area contributed by atoms with E-state index in [2.05, 4.69) is 28.4 Å². The van der Waals surface area contributed by atoms with Gasteiger partial charge < -0.3 is 4.74 Å². The molecule has 25 heavy (non-hydrogen) atoms. The third kappa shape index (κ3) is 4.61. The lowest BCUT2D eigenvalue weighted by Crippen LogP contribution is -2.09. The second kappa shape index (κ2) is 8.36. The summed E-state index contributed by atoms with van der Waals surface area (Å²) in [5.74, 6) is 1.88. The molecular weight excluding hydrogens is 332 g/mol. The number of nitriles is 1. The summed E-state index contributed by atoms with van der Waals surface area (Å²) in [5, 5.41) is 18.0. The lowest BCUT2D eigenvalue weighted by Gasteiger charge is -2.11. The van der Waals surface area contributed by atoms with E-state index >= 15 is 0 Å². The van der Waals surface area contributed by atoms with E-state index in [4.69, 9.17) is 10.00 Å². The number of ether oxygens (including phenoxy) is 1. The van der Waals surface area contributed by atoms with Crippen LogP contribution in [0.4, 0.5) is 0 Å². The van der Waals surface area contributed by atoms with Crippen molar-refractivity contribution in [3.63, 3.8) is 0 Å². The molecule has 0 amide bonds. The molecule has 0 bridgehead atoms. The van der Waals surface area contributed by atoms with Gasteiger partial charge in [-0.1, -0.05) is 59.8 Å². The van der Waals surface area contributed by atoms with Gasteiger partial charge in [-0.25, -0.2) is 0 Å². The molecule has 0 spiro atoms. The number of nitrogens with zero attached hydrogens (tertiary/aromatic N) is 4. The van der Waals surface area contributed by atoms with Crippen LogP contribution < -0.4 is 4.74 Å².